The van der Waals surface area contributed by atoms with Gasteiger partial charge in [-0.25, -0.2) is 8.42 Å². The van der Waals surface area contributed by atoms with Gasteiger partial charge in [-0.2, -0.15) is 0 Å². The SMILES string of the molecule is CN(CC1CCCC1)C(=O)C1(S(C)(=O)=O)CCNCC1.Cl. The molecule has 1 aliphatic carbocycles. The molecule has 0 aromatic carbocycles. The lowest BCUT2D eigenvalue weighted by atomic mass is 9.94. The van der Waals surface area contributed by atoms with E-state index in [1.54, 1.807) is 11.9 Å². The molecule has 0 bridgehead atoms. The summed E-state index contributed by atoms with van der Waals surface area (Å²) >= 11 is 0. The average molecular weight is 339 g/mol. The van der Waals surface area contributed by atoms with Crippen molar-refractivity contribution in [1.29, 1.82) is 0 Å². The molecule has 7 heteroatoms. The number of carbonyl (C=O) groups excluding carboxylic acids is 1. The van der Waals surface area contributed by atoms with Crippen molar-refractivity contribution in [3.05, 3.63) is 0 Å². The molecule has 1 saturated heterocycles. The number of carbonyl (C=O) groups is 1. The summed E-state index contributed by atoms with van der Waals surface area (Å²) in [6, 6.07) is 0. The van der Waals surface area contributed by atoms with Crippen molar-refractivity contribution in [2.75, 3.05) is 32.9 Å². The van der Waals surface area contributed by atoms with Crippen LogP contribution in [0.2, 0.25) is 0 Å². The summed E-state index contributed by atoms with van der Waals surface area (Å²) in [7, 11) is -1.64. The molecule has 0 radical (unpaired) electrons. The Morgan fingerprint density at radius 1 is 1.24 bits per heavy atom. The van der Waals surface area contributed by atoms with Gasteiger partial charge in [-0.05, 0) is 44.7 Å². The molecule has 2 rings (SSSR count). The van der Waals surface area contributed by atoms with Crippen LogP contribution >= 0.6 is 12.4 Å². The number of piperidine rings is 1. The van der Waals surface area contributed by atoms with E-state index < -0.39 is 14.6 Å². The minimum absolute atomic E-state index is 0. The summed E-state index contributed by atoms with van der Waals surface area (Å²) in [5, 5.41) is 3.14. The molecule has 0 unspecified atom stereocenters. The van der Waals surface area contributed by atoms with Crippen LogP contribution in [0.25, 0.3) is 0 Å². The highest BCUT2D eigenvalue weighted by molar-refractivity contribution is 7.92. The Hall–Kier alpha value is -0.330. The monoisotopic (exact) mass is 338 g/mol. The number of rotatable bonds is 4. The highest BCUT2D eigenvalue weighted by Crippen LogP contribution is 2.31. The first-order valence-electron chi connectivity index (χ1n) is 7.53. The van der Waals surface area contributed by atoms with Crippen molar-refractivity contribution in [3.63, 3.8) is 0 Å². The molecule has 124 valence electrons. The second-order valence-electron chi connectivity index (χ2n) is 6.35. The van der Waals surface area contributed by atoms with E-state index in [9.17, 15) is 13.2 Å². The van der Waals surface area contributed by atoms with Gasteiger partial charge < -0.3 is 10.2 Å². The number of nitrogens with one attached hydrogen (secondary N) is 1. The molecule has 2 fully saturated rings. The normalized spacial score (nSPS) is 22.6. The third-order valence-electron chi connectivity index (χ3n) is 4.86. The van der Waals surface area contributed by atoms with Crippen LogP contribution in [0.15, 0.2) is 0 Å². The van der Waals surface area contributed by atoms with Gasteiger partial charge in [0.1, 0.15) is 0 Å². The molecule has 0 aromatic heterocycles. The van der Waals surface area contributed by atoms with E-state index in [1.165, 1.54) is 19.1 Å². The van der Waals surface area contributed by atoms with E-state index in [2.05, 4.69) is 5.32 Å². The second kappa shape index (κ2) is 7.29. The van der Waals surface area contributed by atoms with Crippen molar-refractivity contribution < 1.29 is 13.2 Å². The van der Waals surface area contributed by atoms with Crippen molar-refractivity contribution in [2.45, 2.75) is 43.3 Å². The standard InChI is InChI=1S/C14H26N2O3S.ClH/c1-16(11-12-5-3-4-6-12)13(17)14(20(2,18)19)7-9-15-10-8-14;/h12,15H,3-11H2,1-2H3;1H. The van der Waals surface area contributed by atoms with Crippen LogP contribution in [-0.4, -0.2) is 56.9 Å². The van der Waals surface area contributed by atoms with Gasteiger partial charge in [-0.1, -0.05) is 12.8 Å². The lowest BCUT2D eigenvalue weighted by Gasteiger charge is -2.38. The fourth-order valence-corrected chi connectivity index (χ4v) is 5.00. The average Bonchev–Trinajstić information content (AvgIpc) is 2.90. The Morgan fingerprint density at radius 3 is 2.24 bits per heavy atom. The zero-order valence-electron chi connectivity index (χ0n) is 12.9. The zero-order chi connectivity index (χ0) is 14.8. The molecule has 1 amide bonds. The molecule has 1 heterocycles. The largest absolute Gasteiger partial charge is 0.344 e. The minimum Gasteiger partial charge on any atom is -0.344 e. The maximum absolute atomic E-state index is 12.8. The summed E-state index contributed by atoms with van der Waals surface area (Å²) in [5.74, 6) is 0.343. The lowest BCUT2D eigenvalue weighted by molar-refractivity contribution is -0.134. The summed E-state index contributed by atoms with van der Waals surface area (Å²) in [6.07, 6.45) is 6.76. The molecule has 2 aliphatic rings. The smallest absolute Gasteiger partial charge is 0.243 e. The predicted molar refractivity (Wildman–Crippen MR) is 86.5 cm³/mol. The fourth-order valence-electron chi connectivity index (χ4n) is 3.58. The van der Waals surface area contributed by atoms with E-state index >= 15 is 0 Å². The molecular weight excluding hydrogens is 312 g/mol. The van der Waals surface area contributed by atoms with Gasteiger partial charge >= 0.3 is 0 Å². The first kappa shape index (κ1) is 18.7. The van der Waals surface area contributed by atoms with Gasteiger partial charge in [0.2, 0.25) is 5.91 Å². The molecule has 21 heavy (non-hydrogen) atoms. The second-order valence-corrected chi connectivity index (χ2v) is 8.68. The third kappa shape index (κ3) is 3.90. The Balaban J connectivity index is 0.00000220. The topological polar surface area (TPSA) is 66.5 Å². The summed E-state index contributed by atoms with van der Waals surface area (Å²) in [6.45, 7) is 1.88. The van der Waals surface area contributed by atoms with Crippen molar-refractivity contribution in [3.8, 4) is 0 Å². The maximum Gasteiger partial charge on any atom is 0.243 e. The number of sulfone groups is 1. The van der Waals surface area contributed by atoms with Crippen LogP contribution in [0.3, 0.4) is 0 Å². The number of halogens is 1. The van der Waals surface area contributed by atoms with Crippen LogP contribution in [0.1, 0.15) is 38.5 Å². The molecule has 0 aromatic rings. The van der Waals surface area contributed by atoms with Gasteiger partial charge in [0.05, 0.1) is 0 Å². The molecule has 1 N–H and O–H groups in total. The van der Waals surface area contributed by atoms with Gasteiger partial charge in [0.15, 0.2) is 14.6 Å². The number of hydrogen-bond donors (Lipinski definition) is 1. The molecule has 0 atom stereocenters. The Labute approximate surface area is 134 Å². The summed E-state index contributed by atoms with van der Waals surface area (Å²) < 4.78 is 23.2. The molecule has 1 saturated carbocycles. The van der Waals surface area contributed by atoms with E-state index in [0.29, 0.717) is 38.4 Å². The Bertz CT molecular complexity index is 455. The summed E-state index contributed by atoms with van der Waals surface area (Å²) in [4.78, 5) is 14.4. The van der Waals surface area contributed by atoms with E-state index in [-0.39, 0.29) is 18.3 Å². The molecular formula is C14H27ClN2O3S. The number of nitrogens with zero attached hydrogens (tertiary/aromatic N) is 1. The van der Waals surface area contributed by atoms with Crippen LogP contribution in [-0.2, 0) is 14.6 Å². The van der Waals surface area contributed by atoms with Crippen molar-refractivity contribution >= 4 is 28.2 Å². The van der Waals surface area contributed by atoms with Crippen LogP contribution in [0, 0.1) is 5.92 Å². The minimum atomic E-state index is -3.40. The highest BCUT2D eigenvalue weighted by atomic mass is 35.5. The van der Waals surface area contributed by atoms with E-state index in [4.69, 9.17) is 0 Å². The summed E-state index contributed by atoms with van der Waals surface area (Å²) in [5.41, 5.74) is 0. The van der Waals surface area contributed by atoms with Crippen molar-refractivity contribution in [1.82, 2.24) is 10.2 Å². The van der Waals surface area contributed by atoms with Crippen molar-refractivity contribution in [2.24, 2.45) is 5.92 Å². The predicted octanol–water partition coefficient (Wildman–Crippen LogP) is 1.22. The third-order valence-corrected chi connectivity index (χ3v) is 6.87. The van der Waals surface area contributed by atoms with Gasteiger partial charge in [0, 0.05) is 19.8 Å². The number of amides is 1. The number of hydrogen-bond acceptors (Lipinski definition) is 4. The zero-order valence-corrected chi connectivity index (χ0v) is 14.6. The molecule has 0 spiro atoms. The first-order chi connectivity index (χ1) is 9.37. The van der Waals surface area contributed by atoms with Gasteiger partial charge in [-0.3, -0.25) is 4.79 Å². The highest BCUT2D eigenvalue weighted by Gasteiger charge is 2.50. The maximum atomic E-state index is 12.8. The quantitative estimate of drug-likeness (QED) is 0.837. The van der Waals surface area contributed by atoms with E-state index in [1.807, 2.05) is 0 Å². The fraction of sp³-hybridized carbons (Fsp3) is 0.929. The van der Waals surface area contributed by atoms with Gasteiger partial charge in [0.25, 0.3) is 0 Å². The Kier molecular flexibility index (Phi) is 6.50. The van der Waals surface area contributed by atoms with Crippen LogP contribution in [0.4, 0.5) is 0 Å². The Morgan fingerprint density at radius 2 is 1.76 bits per heavy atom. The lowest BCUT2D eigenvalue weighted by Crippen LogP contribution is -2.58. The molecule has 1 aliphatic heterocycles. The van der Waals surface area contributed by atoms with Crippen LogP contribution < -0.4 is 5.32 Å². The first-order valence-corrected chi connectivity index (χ1v) is 9.42. The van der Waals surface area contributed by atoms with E-state index in [0.717, 1.165) is 12.8 Å². The van der Waals surface area contributed by atoms with Crippen LogP contribution in [0.5, 0.6) is 0 Å². The van der Waals surface area contributed by atoms with Gasteiger partial charge in [-0.15, -0.1) is 12.4 Å². The molecule has 5 nitrogen and oxygen atoms in total.